The molecule has 1 aliphatic rings. The summed E-state index contributed by atoms with van der Waals surface area (Å²) in [7, 11) is 0. The molecule has 2 rings (SSSR count). The monoisotopic (exact) mass is 268 g/mol. The minimum absolute atomic E-state index is 0.0771. The maximum absolute atomic E-state index is 13.6. The second kappa shape index (κ2) is 5.25. The van der Waals surface area contributed by atoms with E-state index < -0.39 is 5.82 Å². The molecule has 0 N–H and O–H groups in total. The van der Waals surface area contributed by atoms with Gasteiger partial charge in [-0.1, -0.05) is 16.7 Å². The van der Waals surface area contributed by atoms with Gasteiger partial charge in [-0.15, -0.1) is 0 Å². The van der Waals surface area contributed by atoms with Crippen LogP contribution in [0.5, 0.6) is 0 Å². The highest BCUT2D eigenvalue weighted by molar-refractivity contribution is 6.30. The molecule has 0 aliphatic carbocycles. The third kappa shape index (κ3) is 2.55. The summed E-state index contributed by atoms with van der Waals surface area (Å²) in [6, 6.07) is 4.08. The molecule has 0 saturated carbocycles. The summed E-state index contributed by atoms with van der Waals surface area (Å²) < 4.78 is 13.6. The van der Waals surface area contributed by atoms with Crippen LogP contribution in [0, 0.1) is 11.7 Å². The van der Waals surface area contributed by atoms with Gasteiger partial charge in [0.1, 0.15) is 5.82 Å². The molecule has 1 atom stereocenters. The molecule has 5 nitrogen and oxygen atoms in total. The van der Waals surface area contributed by atoms with Crippen molar-refractivity contribution in [2.75, 3.05) is 18.0 Å². The fourth-order valence-corrected chi connectivity index (χ4v) is 2.15. The highest BCUT2D eigenvalue weighted by Gasteiger charge is 2.31. The zero-order chi connectivity index (χ0) is 13.1. The number of carbonyl (C=O) groups excluding carboxylic acids is 1. The number of hydrogen-bond acceptors (Lipinski definition) is 2. The van der Waals surface area contributed by atoms with Crippen molar-refractivity contribution in [1.82, 2.24) is 0 Å². The number of amides is 1. The van der Waals surface area contributed by atoms with Crippen LogP contribution < -0.4 is 4.90 Å². The molecule has 1 fully saturated rings. The molecule has 1 amide bonds. The number of halogens is 2. The van der Waals surface area contributed by atoms with Gasteiger partial charge in [0.15, 0.2) is 0 Å². The number of benzene rings is 1. The fourth-order valence-electron chi connectivity index (χ4n) is 1.98. The number of rotatable bonds is 3. The molecular formula is C11H10ClFN4O. The van der Waals surface area contributed by atoms with E-state index >= 15 is 0 Å². The van der Waals surface area contributed by atoms with Crippen molar-refractivity contribution in [3.8, 4) is 0 Å². The minimum Gasteiger partial charge on any atom is -0.309 e. The molecule has 1 aromatic rings. The van der Waals surface area contributed by atoms with E-state index in [2.05, 4.69) is 10.0 Å². The lowest BCUT2D eigenvalue weighted by Crippen LogP contribution is -2.25. The van der Waals surface area contributed by atoms with Gasteiger partial charge in [-0.05, 0) is 29.6 Å². The topological polar surface area (TPSA) is 69.1 Å². The van der Waals surface area contributed by atoms with Crippen molar-refractivity contribution in [3.63, 3.8) is 0 Å². The molecule has 94 valence electrons. The Morgan fingerprint density at radius 1 is 1.61 bits per heavy atom. The molecule has 0 aromatic heterocycles. The third-order valence-corrected chi connectivity index (χ3v) is 3.04. The molecular weight excluding hydrogens is 259 g/mol. The van der Waals surface area contributed by atoms with Crippen LogP contribution in [0.1, 0.15) is 6.42 Å². The smallest absolute Gasteiger partial charge is 0.227 e. The van der Waals surface area contributed by atoms with Gasteiger partial charge in [0.05, 0.1) is 5.69 Å². The van der Waals surface area contributed by atoms with Crippen LogP contribution >= 0.6 is 11.6 Å². The zero-order valence-electron chi connectivity index (χ0n) is 9.38. The second-order valence-electron chi connectivity index (χ2n) is 4.08. The average molecular weight is 269 g/mol. The number of azide groups is 1. The van der Waals surface area contributed by atoms with Crippen LogP contribution in [0.2, 0.25) is 5.02 Å². The minimum atomic E-state index is -0.489. The summed E-state index contributed by atoms with van der Waals surface area (Å²) in [5, 5.41) is 3.81. The van der Waals surface area contributed by atoms with Gasteiger partial charge in [0, 0.05) is 29.4 Å². The largest absolute Gasteiger partial charge is 0.309 e. The Hall–Kier alpha value is -1.78. The number of anilines is 1. The lowest BCUT2D eigenvalue weighted by molar-refractivity contribution is -0.117. The van der Waals surface area contributed by atoms with Crippen molar-refractivity contribution in [3.05, 3.63) is 39.5 Å². The van der Waals surface area contributed by atoms with Gasteiger partial charge in [-0.25, -0.2) is 4.39 Å². The number of carbonyl (C=O) groups is 1. The van der Waals surface area contributed by atoms with E-state index in [0.717, 1.165) is 0 Å². The highest BCUT2D eigenvalue weighted by Crippen LogP contribution is 2.29. The van der Waals surface area contributed by atoms with E-state index in [-0.39, 0.29) is 30.5 Å². The zero-order valence-corrected chi connectivity index (χ0v) is 10.1. The Labute approximate surface area is 108 Å². The van der Waals surface area contributed by atoms with Gasteiger partial charge >= 0.3 is 0 Å². The van der Waals surface area contributed by atoms with E-state index in [1.807, 2.05) is 0 Å². The SMILES string of the molecule is [N-]=[N+]=NCC1CC(=O)N(c2cc(Cl)ccc2F)C1. The number of hydrogen-bond donors (Lipinski definition) is 0. The molecule has 7 heteroatoms. The normalized spacial score (nSPS) is 18.9. The highest BCUT2D eigenvalue weighted by atomic mass is 35.5. The Balaban J connectivity index is 2.21. The predicted octanol–water partition coefficient (Wildman–Crippen LogP) is 3.14. The molecule has 1 saturated heterocycles. The van der Waals surface area contributed by atoms with Crippen LogP contribution in [0.15, 0.2) is 23.3 Å². The van der Waals surface area contributed by atoms with Crippen LogP contribution in [0.3, 0.4) is 0 Å². The summed E-state index contributed by atoms with van der Waals surface area (Å²) in [5.41, 5.74) is 8.42. The van der Waals surface area contributed by atoms with Crippen molar-refractivity contribution in [2.24, 2.45) is 11.0 Å². The first-order valence-electron chi connectivity index (χ1n) is 5.38. The molecule has 0 spiro atoms. The van der Waals surface area contributed by atoms with Crippen molar-refractivity contribution >= 4 is 23.2 Å². The molecule has 1 aliphatic heterocycles. The van der Waals surface area contributed by atoms with Crippen molar-refractivity contribution < 1.29 is 9.18 Å². The Morgan fingerprint density at radius 3 is 3.11 bits per heavy atom. The van der Waals surface area contributed by atoms with Gasteiger partial charge in [-0.3, -0.25) is 4.79 Å². The lowest BCUT2D eigenvalue weighted by atomic mass is 10.1. The first-order chi connectivity index (χ1) is 8.61. The Bertz CT molecular complexity index is 530. The lowest BCUT2D eigenvalue weighted by Gasteiger charge is -2.17. The van der Waals surface area contributed by atoms with Crippen molar-refractivity contribution in [2.45, 2.75) is 6.42 Å². The van der Waals surface area contributed by atoms with Crippen LogP contribution in [-0.2, 0) is 4.79 Å². The van der Waals surface area contributed by atoms with E-state index in [4.69, 9.17) is 17.1 Å². The van der Waals surface area contributed by atoms with Gasteiger partial charge in [0.2, 0.25) is 5.91 Å². The summed E-state index contributed by atoms with van der Waals surface area (Å²) in [4.78, 5) is 15.8. The summed E-state index contributed by atoms with van der Waals surface area (Å²) in [6.07, 6.45) is 0.255. The Kier molecular flexibility index (Phi) is 3.69. The van der Waals surface area contributed by atoms with E-state index in [1.165, 1.54) is 23.1 Å². The fraction of sp³-hybridized carbons (Fsp3) is 0.364. The number of nitrogens with zero attached hydrogens (tertiary/aromatic N) is 4. The molecule has 0 bridgehead atoms. The third-order valence-electron chi connectivity index (χ3n) is 2.81. The second-order valence-corrected chi connectivity index (χ2v) is 4.52. The standard InChI is InChI=1S/C11H10ClFN4O/c12-8-1-2-9(13)10(4-8)17-6-7(3-11(17)18)5-15-16-14/h1-2,4,7H,3,5-6H2. The maximum Gasteiger partial charge on any atom is 0.227 e. The van der Waals surface area contributed by atoms with E-state index in [0.29, 0.717) is 11.6 Å². The summed E-state index contributed by atoms with van der Waals surface area (Å²) in [6.45, 7) is 0.579. The molecule has 1 unspecified atom stereocenters. The quantitative estimate of drug-likeness (QED) is 0.472. The van der Waals surface area contributed by atoms with Gasteiger partial charge in [-0.2, -0.15) is 0 Å². The first-order valence-corrected chi connectivity index (χ1v) is 5.76. The van der Waals surface area contributed by atoms with E-state index in [1.54, 1.807) is 0 Å². The molecule has 18 heavy (non-hydrogen) atoms. The van der Waals surface area contributed by atoms with Gasteiger partial charge in [0.25, 0.3) is 0 Å². The maximum atomic E-state index is 13.6. The molecule has 1 heterocycles. The van der Waals surface area contributed by atoms with Crippen LogP contribution in [0.4, 0.5) is 10.1 Å². The first kappa shape index (κ1) is 12.7. The molecule has 1 aromatic carbocycles. The van der Waals surface area contributed by atoms with Crippen LogP contribution in [-0.4, -0.2) is 19.0 Å². The predicted molar refractivity (Wildman–Crippen MR) is 65.9 cm³/mol. The summed E-state index contributed by atoms with van der Waals surface area (Å²) >= 11 is 5.79. The van der Waals surface area contributed by atoms with Crippen LogP contribution in [0.25, 0.3) is 10.4 Å². The van der Waals surface area contributed by atoms with Crippen molar-refractivity contribution in [1.29, 1.82) is 0 Å². The van der Waals surface area contributed by atoms with E-state index in [9.17, 15) is 9.18 Å². The Morgan fingerprint density at radius 2 is 2.39 bits per heavy atom. The average Bonchev–Trinajstić information content (AvgIpc) is 2.71. The molecule has 0 radical (unpaired) electrons. The van der Waals surface area contributed by atoms with Gasteiger partial charge < -0.3 is 4.90 Å². The summed E-state index contributed by atoms with van der Waals surface area (Å²) in [5.74, 6) is -0.752.